The molecule has 0 saturated heterocycles. The van der Waals surface area contributed by atoms with Crippen molar-refractivity contribution >= 4 is 0 Å². The minimum absolute atomic E-state index is 0.335. The van der Waals surface area contributed by atoms with E-state index < -0.39 is 0 Å². The molecule has 0 saturated carbocycles. The summed E-state index contributed by atoms with van der Waals surface area (Å²) in [6, 6.07) is 11.8. The van der Waals surface area contributed by atoms with Gasteiger partial charge in [-0.05, 0) is 67.3 Å². The molecule has 0 aliphatic heterocycles. The fraction of sp³-hybridized carbons (Fsp3) is 0.250. The van der Waals surface area contributed by atoms with E-state index >= 15 is 0 Å². The molecule has 0 fully saturated rings. The highest BCUT2D eigenvalue weighted by molar-refractivity contribution is 5.69. The molecule has 0 aliphatic carbocycles. The summed E-state index contributed by atoms with van der Waals surface area (Å²) in [4.78, 5) is 0. The third kappa shape index (κ3) is 2.48. The summed E-state index contributed by atoms with van der Waals surface area (Å²) in [6.45, 7) is 6.63. The van der Waals surface area contributed by atoms with Gasteiger partial charge in [0.05, 0.1) is 6.61 Å². The van der Waals surface area contributed by atoms with Gasteiger partial charge in [0.25, 0.3) is 0 Å². The standard InChI is InChI=1S/C16H18O2/c1-4-18-14-6-7-15(11(2)10-14)13-5-8-16(17)12(3)9-13/h5-10,17H,4H2,1-3H3. The van der Waals surface area contributed by atoms with Crippen LogP contribution in [0.3, 0.4) is 0 Å². The smallest absolute Gasteiger partial charge is 0.119 e. The SMILES string of the molecule is CCOc1ccc(-c2ccc(O)c(C)c2)c(C)c1. The lowest BCUT2D eigenvalue weighted by atomic mass is 9.98. The Kier molecular flexibility index (Phi) is 3.56. The maximum absolute atomic E-state index is 9.55. The van der Waals surface area contributed by atoms with Crippen LogP contribution in [0.5, 0.6) is 11.5 Å². The second-order valence-corrected chi connectivity index (χ2v) is 4.41. The molecule has 0 bridgehead atoms. The van der Waals surface area contributed by atoms with Gasteiger partial charge in [0.2, 0.25) is 0 Å². The van der Waals surface area contributed by atoms with Gasteiger partial charge < -0.3 is 9.84 Å². The Hall–Kier alpha value is -1.96. The van der Waals surface area contributed by atoms with Crippen LogP contribution in [0.15, 0.2) is 36.4 Å². The first-order valence-corrected chi connectivity index (χ1v) is 6.15. The van der Waals surface area contributed by atoms with Gasteiger partial charge in [0.1, 0.15) is 11.5 Å². The molecule has 0 unspecified atom stereocenters. The van der Waals surface area contributed by atoms with Crippen molar-refractivity contribution in [3.63, 3.8) is 0 Å². The number of aromatic hydroxyl groups is 1. The summed E-state index contributed by atoms with van der Waals surface area (Å²) in [5.41, 5.74) is 4.35. The number of phenolic OH excluding ortho intramolecular Hbond substituents is 1. The van der Waals surface area contributed by atoms with Gasteiger partial charge in [0, 0.05) is 0 Å². The topological polar surface area (TPSA) is 29.5 Å². The van der Waals surface area contributed by atoms with Crippen molar-refractivity contribution in [3.8, 4) is 22.6 Å². The van der Waals surface area contributed by atoms with E-state index in [2.05, 4.69) is 13.0 Å². The van der Waals surface area contributed by atoms with E-state index in [9.17, 15) is 5.11 Å². The van der Waals surface area contributed by atoms with E-state index in [1.54, 1.807) is 6.07 Å². The molecule has 0 atom stereocenters. The fourth-order valence-electron chi connectivity index (χ4n) is 2.04. The Morgan fingerprint density at radius 3 is 2.39 bits per heavy atom. The lowest BCUT2D eigenvalue weighted by Crippen LogP contribution is -1.92. The Balaban J connectivity index is 2.41. The number of hydrogen-bond acceptors (Lipinski definition) is 2. The summed E-state index contributed by atoms with van der Waals surface area (Å²) in [6.07, 6.45) is 0. The molecule has 0 aliphatic rings. The first-order chi connectivity index (χ1) is 8.61. The van der Waals surface area contributed by atoms with E-state index in [0.29, 0.717) is 12.4 Å². The highest BCUT2D eigenvalue weighted by Crippen LogP contribution is 2.29. The van der Waals surface area contributed by atoms with Gasteiger partial charge in [-0.3, -0.25) is 0 Å². The van der Waals surface area contributed by atoms with Crippen LogP contribution in [0.2, 0.25) is 0 Å². The van der Waals surface area contributed by atoms with Crippen LogP contribution < -0.4 is 4.74 Å². The first-order valence-electron chi connectivity index (χ1n) is 6.15. The van der Waals surface area contributed by atoms with Crippen molar-refractivity contribution in [1.82, 2.24) is 0 Å². The molecule has 0 spiro atoms. The third-order valence-electron chi connectivity index (χ3n) is 3.02. The Morgan fingerprint density at radius 2 is 1.78 bits per heavy atom. The average Bonchev–Trinajstić information content (AvgIpc) is 2.34. The van der Waals surface area contributed by atoms with E-state index in [0.717, 1.165) is 16.9 Å². The van der Waals surface area contributed by atoms with Gasteiger partial charge in [-0.25, -0.2) is 0 Å². The quantitative estimate of drug-likeness (QED) is 0.879. The molecule has 0 amide bonds. The maximum Gasteiger partial charge on any atom is 0.119 e. The van der Waals surface area contributed by atoms with Crippen LogP contribution in [-0.2, 0) is 0 Å². The molecule has 2 nitrogen and oxygen atoms in total. The Bertz CT molecular complexity index is 559. The monoisotopic (exact) mass is 242 g/mol. The molecule has 0 heterocycles. The van der Waals surface area contributed by atoms with Crippen molar-refractivity contribution < 1.29 is 9.84 Å². The van der Waals surface area contributed by atoms with Crippen LogP contribution in [-0.4, -0.2) is 11.7 Å². The molecule has 2 aromatic carbocycles. The van der Waals surface area contributed by atoms with Crippen LogP contribution in [0.4, 0.5) is 0 Å². The van der Waals surface area contributed by atoms with E-state index in [1.807, 2.05) is 38.1 Å². The summed E-state index contributed by atoms with van der Waals surface area (Å²) >= 11 is 0. The predicted octanol–water partition coefficient (Wildman–Crippen LogP) is 4.07. The van der Waals surface area contributed by atoms with Crippen LogP contribution >= 0.6 is 0 Å². The average molecular weight is 242 g/mol. The number of benzene rings is 2. The molecule has 94 valence electrons. The predicted molar refractivity (Wildman–Crippen MR) is 74.2 cm³/mol. The van der Waals surface area contributed by atoms with E-state index in [-0.39, 0.29) is 0 Å². The van der Waals surface area contributed by atoms with Crippen molar-refractivity contribution in [3.05, 3.63) is 47.5 Å². The summed E-state index contributed by atoms with van der Waals surface area (Å²) in [5.74, 6) is 1.23. The third-order valence-corrected chi connectivity index (χ3v) is 3.02. The normalized spacial score (nSPS) is 10.4. The number of aryl methyl sites for hydroxylation is 2. The van der Waals surface area contributed by atoms with E-state index in [4.69, 9.17) is 4.74 Å². The largest absolute Gasteiger partial charge is 0.508 e. The summed E-state index contributed by atoms with van der Waals surface area (Å²) in [5, 5.41) is 9.55. The zero-order valence-electron chi connectivity index (χ0n) is 11.0. The summed E-state index contributed by atoms with van der Waals surface area (Å²) < 4.78 is 5.48. The van der Waals surface area contributed by atoms with E-state index in [1.165, 1.54) is 11.1 Å². The molecule has 2 heteroatoms. The maximum atomic E-state index is 9.55. The number of hydrogen-bond donors (Lipinski definition) is 1. The molecule has 1 N–H and O–H groups in total. The molecule has 18 heavy (non-hydrogen) atoms. The van der Waals surface area contributed by atoms with Gasteiger partial charge in [-0.2, -0.15) is 0 Å². The number of rotatable bonds is 3. The Labute approximate surface area is 108 Å². The molecule has 2 rings (SSSR count). The van der Waals surface area contributed by atoms with Gasteiger partial charge >= 0.3 is 0 Å². The van der Waals surface area contributed by atoms with Crippen LogP contribution in [0.25, 0.3) is 11.1 Å². The van der Waals surface area contributed by atoms with Crippen molar-refractivity contribution in [2.24, 2.45) is 0 Å². The van der Waals surface area contributed by atoms with Crippen molar-refractivity contribution in [1.29, 1.82) is 0 Å². The second kappa shape index (κ2) is 5.13. The first kappa shape index (κ1) is 12.5. The van der Waals surface area contributed by atoms with Crippen molar-refractivity contribution in [2.75, 3.05) is 6.61 Å². The van der Waals surface area contributed by atoms with Gasteiger partial charge in [-0.1, -0.05) is 12.1 Å². The number of phenols is 1. The molecular formula is C16H18O2. The lowest BCUT2D eigenvalue weighted by molar-refractivity contribution is 0.340. The minimum atomic E-state index is 0.335. The van der Waals surface area contributed by atoms with Gasteiger partial charge in [-0.15, -0.1) is 0 Å². The molecule has 2 aromatic rings. The number of ether oxygens (including phenoxy) is 1. The highest BCUT2D eigenvalue weighted by atomic mass is 16.5. The fourth-order valence-corrected chi connectivity index (χ4v) is 2.04. The molecule has 0 aromatic heterocycles. The Morgan fingerprint density at radius 1 is 1.00 bits per heavy atom. The van der Waals surface area contributed by atoms with Crippen LogP contribution in [0.1, 0.15) is 18.1 Å². The summed E-state index contributed by atoms with van der Waals surface area (Å²) in [7, 11) is 0. The molecule has 0 radical (unpaired) electrons. The zero-order valence-corrected chi connectivity index (χ0v) is 11.0. The second-order valence-electron chi connectivity index (χ2n) is 4.41. The van der Waals surface area contributed by atoms with Crippen LogP contribution in [0, 0.1) is 13.8 Å². The van der Waals surface area contributed by atoms with Gasteiger partial charge in [0.15, 0.2) is 0 Å². The molecular weight excluding hydrogens is 224 g/mol. The highest BCUT2D eigenvalue weighted by Gasteiger charge is 2.05. The zero-order chi connectivity index (χ0) is 13.1. The lowest BCUT2D eigenvalue weighted by Gasteiger charge is -2.10. The van der Waals surface area contributed by atoms with Crippen molar-refractivity contribution in [2.45, 2.75) is 20.8 Å². The minimum Gasteiger partial charge on any atom is -0.508 e.